The average molecular weight is 388 g/mol. The highest BCUT2D eigenvalue weighted by atomic mass is 16.5. The Morgan fingerprint density at radius 2 is 1.33 bits per heavy atom. The molecule has 0 spiro atoms. The Kier molecular flexibility index (Phi) is 3.98. The van der Waals surface area contributed by atoms with Gasteiger partial charge in [-0.05, 0) is 34.4 Å². The minimum atomic E-state index is 0.0681. The van der Waals surface area contributed by atoms with E-state index in [1.54, 1.807) is 0 Å². The number of rotatable bonds is 3. The second-order valence-electron chi connectivity index (χ2n) is 7.80. The molecule has 144 valence electrons. The number of benzene rings is 3. The predicted molar refractivity (Wildman–Crippen MR) is 119 cm³/mol. The normalized spacial score (nSPS) is 19.0. The van der Waals surface area contributed by atoms with Crippen molar-refractivity contribution >= 4 is 5.90 Å². The second-order valence-corrected chi connectivity index (χ2v) is 7.80. The summed E-state index contributed by atoms with van der Waals surface area (Å²) in [4.78, 5) is 9.90. The minimum Gasteiger partial charge on any atom is -0.470 e. The summed E-state index contributed by atoms with van der Waals surface area (Å²) < 4.78 is 6.32. The zero-order valence-electron chi connectivity index (χ0n) is 16.4. The Hall–Kier alpha value is -3.72. The van der Waals surface area contributed by atoms with E-state index in [0.717, 1.165) is 34.5 Å². The van der Waals surface area contributed by atoms with Gasteiger partial charge in [-0.3, -0.25) is 0 Å². The van der Waals surface area contributed by atoms with Crippen LogP contribution in [-0.2, 0) is 11.2 Å². The molecule has 2 atom stereocenters. The minimum absolute atomic E-state index is 0.0681. The lowest BCUT2D eigenvalue weighted by Gasteiger charge is -2.12. The molecular formula is C27H20N2O. The summed E-state index contributed by atoms with van der Waals surface area (Å²) in [6.45, 7) is 0. The van der Waals surface area contributed by atoms with Crippen molar-refractivity contribution in [1.82, 2.24) is 4.98 Å². The molecule has 0 radical (unpaired) electrons. The first kappa shape index (κ1) is 17.2. The van der Waals surface area contributed by atoms with Crippen LogP contribution in [0.3, 0.4) is 0 Å². The molecule has 1 aliphatic carbocycles. The molecule has 2 aliphatic rings. The number of aromatic nitrogens is 1. The van der Waals surface area contributed by atoms with Crippen LogP contribution in [0.5, 0.6) is 0 Å². The fourth-order valence-electron chi connectivity index (χ4n) is 4.42. The molecule has 0 fully saturated rings. The van der Waals surface area contributed by atoms with Crippen molar-refractivity contribution in [2.75, 3.05) is 0 Å². The molecule has 6 rings (SSSR count). The molecule has 0 N–H and O–H groups in total. The molecule has 30 heavy (non-hydrogen) atoms. The summed E-state index contributed by atoms with van der Waals surface area (Å²) in [5.41, 5.74) is 7.69. The lowest BCUT2D eigenvalue weighted by atomic mass is 10.0. The van der Waals surface area contributed by atoms with Crippen LogP contribution >= 0.6 is 0 Å². The molecule has 3 aromatic carbocycles. The van der Waals surface area contributed by atoms with Gasteiger partial charge >= 0.3 is 0 Å². The van der Waals surface area contributed by atoms with E-state index in [2.05, 4.69) is 72.8 Å². The molecule has 4 aromatic rings. The van der Waals surface area contributed by atoms with Crippen molar-refractivity contribution in [2.24, 2.45) is 4.99 Å². The zero-order valence-corrected chi connectivity index (χ0v) is 16.4. The van der Waals surface area contributed by atoms with E-state index in [1.165, 1.54) is 11.1 Å². The molecule has 3 nitrogen and oxygen atoms in total. The van der Waals surface area contributed by atoms with Crippen LogP contribution in [0.15, 0.2) is 102 Å². The summed E-state index contributed by atoms with van der Waals surface area (Å²) in [6.07, 6.45) is 0.970. The fraction of sp³-hybridized carbons (Fsp3) is 0.111. The SMILES string of the molecule is c1ccc(-c2cc(C3=N[C@@H]4c5ccccc5C[C@@H]4O3)nc(-c3ccccc3)c2)cc1. The number of nitrogens with zero attached hydrogens (tertiary/aromatic N) is 2. The van der Waals surface area contributed by atoms with Crippen LogP contribution in [0.4, 0.5) is 0 Å². The Bertz CT molecular complexity index is 1190. The van der Waals surface area contributed by atoms with Gasteiger partial charge < -0.3 is 4.74 Å². The van der Waals surface area contributed by atoms with Gasteiger partial charge in [-0.1, -0.05) is 84.9 Å². The first-order valence-electron chi connectivity index (χ1n) is 10.3. The maximum absolute atomic E-state index is 6.32. The molecular weight excluding hydrogens is 368 g/mol. The monoisotopic (exact) mass is 388 g/mol. The number of pyridine rings is 1. The highest BCUT2D eigenvalue weighted by molar-refractivity contribution is 5.96. The van der Waals surface area contributed by atoms with E-state index < -0.39 is 0 Å². The van der Waals surface area contributed by atoms with Gasteiger partial charge in [-0.25, -0.2) is 9.98 Å². The van der Waals surface area contributed by atoms with E-state index in [0.29, 0.717) is 5.90 Å². The first-order valence-corrected chi connectivity index (χ1v) is 10.3. The van der Waals surface area contributed by atoms with Crippen molar-refractivity contribution in [3.05, 3.63) is 114 Å². The predicted octanol–water partition coefficient (Wildman–Crippen LogP) is 5.86. The number of hydrogen-bond acceptors (Lipinski definition) is 3. The second kappa shape index (κ2) is 6.96. The number of aliphatic imine (C=N–C) groups is 1. The van der Waals surface area contributed by atoms with Crippen molar-refractivity contribution in [1.29, 1.82) is 0 Å². The number of ether oxygens (including phenoxy) is 1. The molecule has 1 aliphatic heterocycles. The molecule has 0 bridgehead atoms. The topological polar surface area (TPSA) is 34.5 Å². The summed E-state index contributed by atoms with van der Waals surface area (Å²) >= 11 is 0. The van der Waals surface area contributed by atoms with Gasteiger partial charge in [0, 0.05) is 12.0 Å². The van der Waals surface area contributed by atoms with Gasteiger partial charge in [0.1, 0.15) is 17.8 Å². The van der Waals surface area contributed by atoms with Crippen molar-refractivity contribution in [3.8, 4) is 22.4 Å². The van der Waals surface area contributed by atoms with Crippen LogP contribution < -0.4 is 0 Å². The standard InChI is InChI=1S/C27H20N2O/c1-3-9-18(10-4-1)21-15-23(19-11-5-2-6-12-19)28-24(16-21)27-29-26-22-14-8-7-13-20(22)17-25(26)30-27/h1-16,25-26H,17H2/t25-,26+/m0/s1. The third-order valence-corrected chi connectivity index (χ3v) is 5.89. The highest BCUT2D eigenvalue weighted by Crippen LogP contribution is 2.41. The molecule has 0 unspecified atom stereocenters. The summed E-state index contributed by atoms with van der Waals surface area (Å²) in [6, 6.07) is 33.5. The number of fused-ring (bicyclic) bond motifs is 3. The Labute approximate surface area is 175 Å². The van der Waals surface area contributed by atoms with Crippen LogP contribution in [0.2, 0.25) is 0 Å². The van der Waals surface area contributed by atoms with Crippen LogP contribution in [-0.4, -0.2) is 17.0 Å². The van der Waals surface area contributed by atoms with Crippen LogP contribution in [0, 0.1) is 0 Å². The van der Waals surface area contributed by atoms with Gasteiger partial charge in [0.25, 0.3) is 0 Å². The first-order chi connectivity index (χ1) is 14.8. The van der Waals surface area contributed by atoms with E-state index in [4.69, 9.17) is 14.7 Å². The highest BCUT2D eigenvalue weighted by Gasteiger charge is 2.39. The molecule has 0 saturated carbocycles. The van der Waals surface area contributed by atoms with E-state index in [-0.39, 0.29) is 12.1 Å². The smallest absolute Gasteiger partial charge is 0.236 e. The van der Waals surface area contributed by atoms with Crippen LogP contribution in [0.1, 0.15) is 22.9 Å². The van der Waals surface area contributed by atoms with E-state index in [9.17, 15) is 0 Å². The third-order valence-electron chi connectivity index (χ3n) is 5.89. The Morgan fingerprint density at radius 1 is 0.667 bits per heavy atom. The fourth-order valence-corrected chi connectivity index (χ4v) is 4.42. The maximum atomic E-state index is 6.32. The zero-order chi connectivity index (χ0) is 19.9. The van der Waals surface area contributed by atoms with Gasteiger partial charge in [0.2, 0.25) is 5.90 Å². The van der Waals surface area contributed by atoms with Crippen molar-refractivity contribution in [3.63, 3.8) is 0 Å². The van der Waals surface area contributed by atoms with Gasteiger partial charge in [0.15, 0.2) is 0 Å². The lowest BCUT2D eigenvalue weighted by Crippen LogP contribution is -2.14. The van der Waals surface area contributed by atoms with Gasteiger partial charge in [0.05, 0.1) is 5.69 Å². The molecule has 3 heteroatoms. The summed E-state index contributed by atoms with van der Waals surface area (Å²) in [5, 5.41) is 0. The van der Waals surface area contributed by atoms with Crippen molar-refractivity contribution < 1.29 is 4.74 Å². The molecule has 0 saturated heterocycles. The van der Waals surface area contributed by atoms with E-state index >= 15 is 0 Å². The maximum Gasteiger partial charge on any atom is 0.236 e. The molecule has 0 amide bonds. The summed E-state index contributed by atoms with van der Waals surface area (Å²) in [5.74, 6) is 0.648. The molecule has 1 aromatic heterocycles. The molecule has 2 heterocycles. The van der Waals surface area contributed by atoms with Gasteiger partial charge in [-0.2, -0.15) is 0 Å². The Balaban J connectivity index is 1.46. The number of hydrogen-bond donors (Lipinski definition) is 0. The van der Waals surface area contributed by atoms with Crippen molar-refractivity contribution in [2.45, 2.75) is 18.6 Å². The van der Waals surface area contributed by atoms with E-state index in [1.807, 2.05) is 24.3 Å². The summed E-state index contributed by atoms with van der Waals surface area (Å²) in [7, 11) is 0. The third kappa shape index (κ3) is 2.91. The lowest BCUT2D eigenvalue weighted by molar-refractivity contribution is 0.206. The average Bonchev–Trinajstić information content (AvgIpc) is 3.38. The van der Waals surface area contributed by atoms with Crippen LogP contribution in [0.25, 0.3) is 22.4 Å². The largest absolute Gasteiger partial charge is 0.470 e. The Morgan fingerprint density at radius 3 is 2.13 bits per heavy atom. The quantitative estimate of drug-likeness (QED) is 0.441. The van der Waals surface area contributed by atoms with Gasteiger partial charge in [-0.15, -0.1) is 0 Å².